The highest BCUT2D eigenvalue weighted by Crippen LogP contribution is 2.23. The van der Waals surface area contributed by atoms with Crippen molar-refractivity contribution >= 4 is 22.7 Å². The Morgan fingerprint density at radius 2 is 1.78 bits per heavy atom. The van der Waals surface area contributed by atoms with E-state index in [-0.39, 0.29) is 11.2 Å². The fourth-order valence-corrected chi connectivity index (χ4v) is 3.81. The Balaban J connectivity index is 1.76. The summed E-state index contributed by atoms with van der Waals surface area (Å²) >= 11 is 0. The quantitative estimate of drug-likeness (QED) is 0.406. The van der Waals surface area contributed by atoms with Crippen molar-refractivity contribution in [2.45, 2.75) is 40.2 Å². The lowest BCUT2D eigenvalue weighted by molar-refractivity contribution is 0.0958. The predicted molar refractivity (Wildman–Crippen MR) is 127 cm³/mol. The van der Waals surface area contributed by atoms with Gasteiger partial charge in [0.2, 0.25) is 0 Å². The van der Waals surface area contributed by atoms with Gasteiger partial charge in [0.05, 0.1) is 11.9 Å². The van der Waals surface area contributed by atoms with Crippen LogP contribution in [0.3, 0.4) is 0 Å². The zero-order chi connectivity index (χ0) is 22.8. The molecule has 0 aliphatic carbocycles. The predicted octanol–water partition coefficient (Wildman–Crippen LogP) is 5.78. The van der Waals surface area contributed by atoms with Crippen LogP contribution in [0.5, 0.6) is 0 Å². The molecular weight excluding hydrogens is 400 g/mol. The summed E-state index contributed by atoms with van der Waals surface area (Å²) in [4.78, 5) is 32.2. The summed E-state index contributed by atoms with van der Waals surface area (Å²) in [5.74, 6) is 0.514. The van der Waals surface area contributed by atoms with Crippen molar-refractivity contribution in [3.05, 3.63) is 105 Å². The minimum Gasteiger partial charge on any atom is -0.450 e. The highest BCUT2D eigenvalue weighted by Gasteiger charge is 2.23. The maximum Gasteiger partial charge on any atom is 0.295 e. The van der Waals surface area contributed by atoms with Crippen molar-refractivity contribution in [2.24, 2.45) is 0 Å². The molecule has 0 radical (unpaired) electrons. The Kier molecular flexibility index (Phi) is 5.91. The van der Waals surface area contributed by atoms with Gasteiger partial charge in [-0.1, -0.05) is 50.2 Å². The van der Waals surface area contributed by atoms with E-state index in [1.165, 1.54) is 16.5 Å². The van der Waals surface area contributed by atoms with E-state index >= 15 is 0 Å². The van der Waals surface area contributed by atoms with Crippen LogP contribution < -0.4 is 10.3 Å². The van der Waals surface area contributed by atoms with Gasteiger partial charge in [-0.3, -0.25) is 14.5 Å². The Bertz CT molecular complexity index is 1320. The molecular formula is C27H26N2O3. The van der Waals surface area contributed by atoms with Crippen molar-refractivity contribution < 1.29 is 9.21 Å². The standard InChI is InChI=1S/C27H26N2O3/c1-17(2)21-10-8-20(9-11-21)16-29(25-7-5-6-12-28-25)27(31)24-15-23(30)22-14-18(3)13-19(4)26(22)32-24/h5-15,17H,16H2,1-4H3. The van der Waals surface area contributed by atoms with Gasteiger partial charge in [0.1, 0.15) is 11.4 Å². The van der Waals surface area contributed by atoms with E-state index in [0.29, 0.717) is 29.2 Å². The number of fused-ring (bicyclic) bond motifs is 1. The average Bonchev–Trinajstić information content (AvgIpc) is 2.78. The number of anilines is 1. The summed E-state index contributed by atoms with van der Waals surface area (Å²) in [6.07, 6.45) is 1.64. The Hall–Kier alpha value is -3.73. The molecule has 0 unspecified atom stereocenters. The number of benzene rings is 2. The second-order valence-electron chi connectivity index (χ2n) is 8.41. The number of carbonyl (C=O) groups is 1. The van der Waals surface area contributed by atoms with Crippen LogP contribution >= 0.6 is 0 Å². The molecule has 1 amide bonds. The first kappa shape index (κ1) is 21.5. The van der Waals surface area contributed by atoms with Gasteiger partial charge in [-0.05, 0) is 60.2 Å². The molecule has 32 heavy (non-hydrogen) atoms. The van der Waals surface area contributed by atoms with Gasteiger partial charge < -0.3 is 4.42 Å². The fourth-order valence-electron chi connectivity index (χ4n) is 3.81. The molecule has 0 atom stereocenters. The molecule has 162 valence electrons. The molecule has 0 N–H and O–H groups in total. The van der Waals surface area contributed by atoms with E-state index in [1.54, 1.807) is 24.4 Å². The number of amides is 1. The average molecular weight is 427 g/mol. The molecule has 5 heteroatoms. The molecule has 0 fully saturated rings. The molecule has 4 aromatic rings. The van der Waals surface area contributed by atoms with Crippen molar-refractivity contribution in [3.8, 4) is 0 Å². The van der Waals surface area contributed by atoms with Crippen LogP contribution in [0.2, 0.25) is 0 Å². The summed E-state index contributed by atoms with van der Waals surface area (Å²) in [5, 5.41) is 0.479. The van der Waals surface area contributed by atoms with Crippen LogP contribution in [0.25, 0.3) is 11.0 Å². The largest absolute Gasteiger partial charge is 0.450 e. The SMILES string of the molecule is Cc1cc(C)c2oc(C(=O)N(Cc3ccc(C(C)C)cc3)c3ccccn3)cc(=O)c2c1. The molecule has 0 bridgehead atoms. The fraction of sp³-hybridized carbons (Fsp3) is 0.222. The summed E-state index contributed by atoms with van der Waals surface area (Å²) in [5.41, 5.74) is 4.19. The van der Waals surface area contributed by atoms with Gasteiger partial charge in [-0.15, -0.1) is 0 Å². The van der Waals surface area contributed by atoms with Crippen molar-refractivity contribution in [2.75, 3.05) is 4.90 Å². The lowest BCUT2D eigenvalue weighted by Crippen LogP contribution is -2.31. The lowest BCUT2D eigenvalue weighted by Gasteiger charge is -2.22. The van der Waals surface area contributed by atoms with Crippen LogP contribution in [0.1, 0.15) is 52.6 Å². The van der Waals surface area contributed by atoms with E-state index < -0.39 is 5.91 Å². The molecule has 0 aliphatic heterocycles. The van der Waals surface area contributed by atoms with Gasteiger partial charge >= 0.3 is 0 Å². The smallest absolute Gasteiger partial charge is 0.295 e. The van der Waals surface area contributed by atoms with Gasteiger partial charge in [-0.25, -0.2) is 4.98 Å². The third-order valence-corrected chi connectivity index (χ3v) is 5.53. The second-order valence-corrected chi connectivity index (χ2v) is 8.41. The number of aryl methyl sites for hydroxylation is 2. The molecule has 0 saturated carbocycles. The van der Waals surface area contributed by atoms with Gasteiger partial charge in [0.15, 0.2) is 11.2 Å². The monoisotopic (exact) mass is 426 g/mol. The number of hydrogen-bond acceptors (Lipinski definition) is 4. The van der Waals surface area contributed by atoms with E-state index in [0.717, 1.165) is 16.7 Å². The molecule has 2 heterocycles. The van der Waals surface area contributed by atoms with Crippen molar-refractivity contribution in [1.29, 1.82) is 0 Å². The lowest BCUT2D eigenvalue weighted by atomic mass is 10.0. The van der Waals surface area contributed by atoms with Crippen molar-refractivity contribution in [1.82, 2.24) is 4.98 Å². The first-order valence-electron chi connectivity index (χ1n) is 10.7. The van der Waals surface area contributed by atoms with Crippen LogP contribution in [0.15, 0.2) is 76.1 Å². The molecule has 0 aliphatic rings. The normalized spacial score (nSPS) is 11.2. The summed E-state index contributed by atoms with van der Waals surface area (Å²) in [6.45, 7) is 8.40. The molecule has 5 nitrogen and oxygen atoms in total. The number of carbonyl (C=O) groups excluding carboxylic acids is 1. The van der Waals surface area contributed by atoms with E-state index in [4.69, 9.17) is 4.42 Å². The summed E-state index contributed by atoms with van der Waals surface area (Å²) in [6, 6.07) is 18.6. The van der Waals surface area contributed by atoms with Crippen LogP contribution in [0.4, 0.5) is 5.82 Å². The van der Waals surface area contributed by atoms with Gasteiger partial charge in [0.25, 0.3) is 5.91 Å². The minimum absolute atomic E-state index is 0.00101. The minimum atomic E-state index is -0.407. The maximum absolute atomic E-state index is 13.6. The van der Waals surface area contributed by atoms with Crippen molar-refractivity contribution in [3.63, 3.8) is 0 Å². The molecule has 0 spiro atoms. The zero-order valence-electron chi connectivity index (χ0n) is 18.8. The van der Waals surface area contributed by atoms with E-state index in [1.807, 2.05) is 38.1 Å². The summed E-state index contributed by atoms with van der Waals surface area (Å²) < 4.78 is 5.96. The zero-order valence-corrected chi connectivity index (χ0v) is 18.8. The second kappa shape index (κ2) is 8.79. The number of pyridine rings is 1. The maximum atomic E-state index is 13.6. The van der Waals surface area contributed by atoms with E-state index in [9.17, 15) is 9.59 Å². The Labute approximate surface area is 187 Å². The van der Waals surface area contributed by atoms with Crippen LogP contribution in [-0.4, -0.2) is 10.9 Å². The number of nitrogens with zero attached hydrogens (tertiary/aromatic N) is 2. The van der Waals surface area contributed by atoms with E-state index in [2.05, 4.69) is 31.0 Å². The first-order valence-corrected chi connectivity index (χ1v) is 10.7. The first-order chi connectivity index (χ1) is 15.3. The van der Waals surface area contributed by atoms with Gasteiger partial charge in [-0.2, -0.15) is 0 Å². The van der Waals surface area contributed by atoms with Crippen LogP contribution in [0, 0.1) is 13.8 Å². The summed E-state index contributed by atoms with van der Waals surface area (Å²) in [7, 11) is 0. The molecule has 4 rings (SSSR count). The highest BCUT2D eigenvalue weighted by molar-refractivity contribution is 6.04. The third kappa shape index (κ3) is 4.33. The number of rotatable bonds is 5. The molecule has 2 aromatic carbocycles. The highest BCUT2D eigenvalue weighted by atomic mass is 16.3. The van der Waals surface area contributed by atoms with Crippen LogP contribution in [-0.2, 0) is 6.54 Å². The number of aromatic nitrogens is 1. The number of hydrogen-bond donors (Lipinski definition) is 0. The molecule has 2 aromatic heterocycles. The topological polar surface area (TPSA) is 63.4 Å². The molecule has 0 saturated heterocycles. The third-order valence-electron chi connectivity index (χ3n) is 5.53. The van der Waals surface area contributed by atoms with Gasteiger partial charge in [0, 0.05) is 12.3 Å². The Morgan fingerprint density at radius 3 is 2.44 bits per heavy atom. The Morgan fingerprint density at radius 1 is 1.03 bits per heavy atom.